The van der Waals surface area contributed by atoms with E-state index < -0.39 is 0 Å². The van der Waals surface area contributed by atoms with Gasteiger partial charge in [-0.05, 0) is 31.4 Å². The van der Waals surface area contributed by atoms with Crippen LogP contribution in [0.1, 0.15) is 39.0 Å². The zero-order valence-electron chi connectivity index (χ0n) is 11.1. The van der Waals surface area contributed by atoms with Gasteiger partial charge in [0.1, 0.15) is 0 Å². The highest BCUT2D eigenvalue weighted by Gasteiger charge is 2.14. The molecule has 2 nitrogen and oxygen atoms in total. The van der Waals surface area contributed by atoms with E-state index in [2.05, 4.69) is 22.9 Å². The molecule has 1 rings (SSSR count). The lowest BCUT2D eigenvalue weighted by Gasteiger charge is -2.22. The Balaban J connectivity index is 2.63. The molecule has 100 valence electrons. The normalized spacial score (nSPS) is 10.3. The van der Waals surface area contributed by atoms with Crippen molar-refractivity contribution in [1.82, 2.24) is 0 Å². The number of hydrogen-bond donors (Lipinski definition) is 0. The van der Waals surface area contributed by atoms with Crippen LogP contribution in [0, 0.1) is 0 Å². The van der Waals surface area contributed by atoms with Gasteiger partial charge in [0.05, 0.1) is 0 Å². The lowest BCUT2D eigenvalue weighted by Crippen LogP contribution is -2.31. The Morgan fingerprint density at radius 3 is 2.50 bits per heavy atom. The Labute approximate surface area is 119 Å². The maximum atomic E-state index is 12.2. The van der Waals surface area contributed by atoms with Crippen LogP contribution in [-0.4, -0.2) is 17.8 Å². The van der Waals surface area contributed by atoms with Crippen molar-refractivity contribution >= 4 is 27.5 Å². The summed E-state index contributed by atoms with van der Waals surface area (Å²) in [6.45, 7) is 2.98. The number of benzene rings is 1. The van der Waals surface area contributed by atoms with Crippen molar-refractivity contribution in [3.63, 3.8) is 0 Å². The van der Waals surface area contributed by atoms with Crippen molar-refractivity contribution in [3.05, 3.63) is 30.3 Å². The molecule has 0 spiro atoms. The Morgan fingerprint density at radius 2 is 1.89 bits per heavy atom. The van der Waals surface area contributed by atoms with Crippen molar-refractivity contribution in [2.75, 3.05) is 16.8 Å². The fourth-order valence-electron chi connectivity index (χ4n) is 1.83. The van der Waals surface area contributed by atoms with E-state index in [9.17, 15) is 4.79 Å². The van der Waals surface area contributed by atoms with Crippen molar-refractivity contribution in [2.45, 2.75) is 39.0 Å². The average molecular weight is 312 g/mol. The maximum absolute atomic E-state index is 12.2. The van der Waals surface area contributed by atoms with Crippen molar-refractivity contribution in [3.8, 4) is 0 Å². The number of nitrogens with zero attached hydrogens (tertiary/aromatic N) is 1. The minimum atomic E-state index is 0.246. The first kappa shape index (κ1) is 15.2. The highest BCUT2D eigenvalue weighted by molar-refractivity contribution is 9.09. The van der Waals surface area contributed by atoms with Crippen molar-refractivity contribution < 1.29 is 4.79 Å². The van der Waals surface area contributed by atoms with Gasteiger partial charge in [-0.3, -0.25) is 4.79 Å². The quantitative estimate of drug-likeness (QED) is 0.515. The largest absolute Gasteiger partial charge is 0.312 e. The van der Waals surface area contributed by atoms with E-state index in [1.165, 1.54) is 0 Å². The molecular formula is C15H22BrNO. The molecule has 0 aliphatic heterocycles. The first-order chi connectivity index (χ1) is 8.79. The molecule has 0 unspecified atom stereocenters. The van der Waals surface area contributed by atoms with Crippen LogP contribution in [0.25, 0.3) is 0 Å². The molecule has 0 aromatic heterocycles. The van der Waals surface area contributed by atoms with Gasteiger partial charge in [-0.2, -0.15) is 0 Å². The summed E-state index contributed by atoms with van der Waals surface area (Å²) in [7, 11) is 0. The lowest BCUT2D eigenvalue weighted by molar-refractivity contribution is -0.118. The molecule has 3 heteroatoms. The molecule has 0 fully saturated rings. The van der Waals surface area contributed by atoms with E-state index in [-0.39, 0.29) is 5.91 Å². The van der Waals surface area contributed by atoms with E-state index in [1.54, 1.807) is 0 Å². The van der Waals surface area contributed by atoms with Gasteiger partial charge in [0.15, 0.2) is 0 Å². The van der Waals surface area contributed by atoms with E-state index in [0.717, 1.165) is 43.2 Å². The Bertz CT molecular complexity index is 340. The Hall–Kier alpha value is -0.830. The van der Waals surface area contributed by atoms with E-state index in [0.29, 0.717) is 6.42 Å². The molecule has 0 atom stereocenters. The van der Waals surface area contributed by atoms with E-state index in [1.807, 2.05) is 35.2 Å². The number of anilines is 1. The molecule has 0 saturated carbocycles. The number of alkyl halides is 1. The van der Waals surface area contributed by atoms with Gasteiger partial charge in [0, 0.05) is 24.0 Å². The number of carbonyl (C=O) groups excluding carboxylic acids is 1. The highest BCUT2D eigenvalue weighted by Crippen LogP contribution is 2.16. The van der Waals surface area contributed by atoms with Crippen LogP contribution in [0.5, 0.6) is 0 Å². The van der Waals surface area contributed by atoms with Crippen LogP contribution in [0.2, 0.25) is 0 Å². The minimum Gasteiger partial charge on any atom is -0.312 e. The molecule has 0 bridgehead atoms. The van der Waals surface area contributed by atoms with Crippen molar-refractivity contribution in [2.24, 2.45) is 0 Å². The third-order valence-corrected chi connectivity index (χ3v) is 3.44. The van der Waals surface area contributed by atoms with Gasteiger partial charge in [0.2, 0.25) is 5.91 Å². The SMILES string of the molecule is CCCCN(C(=O)CCCCBr)c1ccccc1. The van der Waals surface area contributed by atoms with Gasteiger partial charge in [-0.15, -0.1) is 0 Å². The summed E-state index contributed by atoms with van der Waals surface area (Å²) in [6.07, 6.45) is 4.82. The second kappa shape index (κ2) is 9.15. The number of unbranched alkanes of at least 4 members (excludes halogenated alkanes) is 2. The standard InChI is InChI=1S/C15H22BrNO/c1-2-3-13-17(14-9-5-4-6-10-14)15(18)11-7-8-12-16/h4-6,9-10H,2-3,7-8,11-13H2,1H3. The third-order valence-electron chi connectivity index (χ3n) is 2.88. The van der Waals surface area contributed by atoms with Gasteiger partial charge in [-0.1, -0.05) is 47.5 Å². The second-order valence-electron chi connectivity index (χ2n) is 4.38. The second-order valence-corrected chi connectivity index (χ2v) is 5.17. The minimum absolute atomic E-state index is 0.246. The molecule has 0 radical (unpaired) electrons. The van der Waals surface area contributed by atoms with Crippen LogP contribution < -0.4 is 4.90 Å². The lowest BCUT2D eigenvalue weighted by atomic mass is 10.2. The molecule has 0 aliphatic rings. The third kappa shape index (κ3) is 5.21. The summed E-state index contributed by atoms with van der Waals surface area (Å²) in [6, 6.07) is 9.98. The number of carbonyl (C=O) groups is 1. The summed E-state index contributed by atoms with van der Waals surface area (Å²) >= 11 is 3.40. The van der Waals surface area contributed by atoms with Crippen LogP contribution >= 0.6 is 15.9 Å². The number of hydrogen-bond acceptors (Lipinski definition) is 1. The number of rotatable bonds is 8. The molecule has 0 saturated heterocycles. The molecule has 1 amide bonds. The average Bonchev–Trinajstić information content (AvgIpc) is 2.41. The van der Waals surface area contributed by atoms with Gasteiger partial charge in [0.25, 0.3) is 0 Å². The Morgan fingerprint density at radius 1 is 1.17 bits per heavy atom. The van der Waals surface area contributed by atoms with Crippen LogP contribution in [0.4, 0.5) is 5.69 Å². The van der Waals surface area contributed by atoms with Crippen LogP contribution in [0.3, 0.4) is 0 Å². The zero-order valence-corrected chi connectivity index (χ0v) is 12.7. The molecule has 18 heavy (non-hydrogen) atoms. The zero-order chi connectivity index (χ0) is 13.2. The smallest absolute Gasteiger partial charge is 0.226 e. The fourth-order valence-corrected chi connectivity index (χ4v) is 2.22. The van der Waals surface area contributed by atoms with Gasteiger partial charge in [-0.25, -0.2) is 0 Å². The topological polar surface area (TPSA) is 20.3 Å². The first-order valence-corrected chi connectivity index (χ1v) is 7.83. The predicted molar refractivity (Wildman–Crippen MR) is 81.3 cm³/mol. The molecule has 0 N–H and O–H groups in total. The van der Waals surface area contributed by atoms with E-state index in [4.69, 9.17) is 0 Å². The first-order valence-electron chi connectivity index (χ1n) is 6.71. The Kier molecular flexibility index (Phi) is 7.74. The molecule has 1 aromatic rings. The summed E-state index contributed by atoms with van der Waals surface area (Å²) in [5, 5.41) is 0.973. The summed E-state index contributed by atoms with van der Waals surface area (Å²) in [5.41, 5.74) is 1.02. The van der Waals surface area contributed by atoms with Gasteiger partial charge >= 0.3 is 0 Å². The van der Waals surface area contributed by atoms with E-state index >= 15 is 0 Å². The number of para-hydroxylation sites is 1. The maximum Gasteiger partial charge on any atom is 0.226 e. The van der Waals surface area contributed by atoms with Gasteiger partial charge < -0.3 is 4.90 Å². The summed E-state index contributed by atoms with van der Waals surface area (Å²) in [4.78, 5) is 14.2. The number of halogens is 1. The number of amides is 1. The monoisotopic (exact) mass is 311 g/mol. The highest BCUT2D eigenvalue weighted by atomic mass is 79.9. The molecule has 0 heterocycles. The molecular weight excluding hydrogens is 290 g/mol. The summed E-state index contributed by atoms with van der Waals surface area (Å²) in [5.74, 6) is 0.246. The molecule has 0 aliphatic carbocycles. The predicted octanol–water partition coefficient (Wildman–Crippen LogP) is 4.38. The summed E-state index contributed by atoms with van der Waals surface area (Å²) < 4.78 is 0. The molecule has 1 aromatic carbocycles. The fraction of sp³-hybridized carbons (Fsp3) is 0.533. The van der Waals surface area contributed by atoms with Crippen LogP contribution in [0.15, 0.2) is 30.3 Å². The van der Waals surface area contributed by atoms with Crippen molar-refractivity contribution in [1.29, 1.82) is 0 Å². The van der Waals surface area contributed by atoms with Crippen LogP contribution in [-0.2, 0) is 4.79 Å².